The van der Waals surface area contributed by atoms with Crippen molar-refractivity contribution in [2.75, 3.05) is 6.61 Å². The van der Waals surface area contributed by atoms with Crippen LogP contribution in [0.25, 0.3) is 0 Å². The maximum absolute atomic E-state index is 13.4. The number of carbonyl (C=O) groups excluding carboxylic acids is 3. The van der Waals surface area contributed by atoms with E-state index in [0.29, 0.717) is 11.1 Å². The second-order valence-corrected chi connectivity index (χ2v) is 13.1. The van der Waals surface area contributed by atoms with Gasteiger partial charge >= 0.3 is 11.9 Å². The predicted octanol–water partition coefficient (Wildman–Crippen LogP) is 2.93. The molecule has 0 bridgehead atoms. The Morgan fingerprint density at radius 1 is 1.10 bits per heavy atom. The monoisotopic (exact) mass is 552 g/mol. The van der Waals surface area contributed by atoms with Crippen molar-refractivity contribution in [3.63, 3.8) is 0 Å². The van der Waals surface area contributed by atoms with Crippen LogP contribution in [0.5, 0.6) is 0 Å². The molecule has 5 rings (SSSR count). The number of ether oxygens (including phenoxy) is 2. The van der Waals surface area contributed by atoms with E-state index >= 15 is 0 Å². The van der Waals surface area contributed by atoms with E-state index < -0.39 is 82.2 Å². The first-order valence-electron chi connectivity index (χ1n) is 14.1. The summed E-state index contributed by atoms with van der Waals surface area (Å²) < 4.78 is 12.5. The molecule has 4 aliphatic carbocycles. The summed E-state index contributed by atoms with van der Waals surface area (Å²) in [5.74, 6) is -4.98. The Morgan fingerprint density at radius 2 is 1.75 bits per heavy atom. The summed E-state index contributed by atoms with van der Waals surface area (Å²) in [6.07, 6.45) is 2.18. The summed E-state index contributed by atoms with van der Waals surface area (Å²) in [6.45, 7) is 10.2. The minimum atomic E-state index is -1.96. The molecule has 4 aliphatic rings. The predicted molar refractivity (Wildman–Crippen MR) is 146 cm³/mol. The lowest BCUT2D eigenvalue weighted by Gasteiger charge is -2.53. The number of Topliss-reactive ketones (excluding diaryl/α,β-unsaturated/α-hetero) is 1. The molecule has 8 atom stereocenters. The van der Waals surface area contributed by atoms with E-state index in [4.69, 9.17) is 9.47 Å². The van der Waals surface area contributed by atoms with Gasteiger partial charge in [-0.1, -0.05) is 77.1 Å². The second-order valence-electron chi connectivity index (χ2n) is 13.1. The van der Waals surface area contributed by atoms with Gasteiger partial charge in [-0.15, -0.1) is 0 Å². The van der Waals surface area contributed by atoms with Crippen LogP contribution >= 0.6 is 0 Å². The number of benzene rings is 1. The minimum absolute atomic E-state index is 0.00928. The highest BCUT2D eigenvalue weighted by molar-refractivity contribution is 6.04. The van der Waals surface area contributed by atoms with Gasteiger partial charge in [-0.3, -0.25) is 14.4 Å². The zero-order valence-electron chi connectivity index (χ0n) is 24.0. The quantitative estimate of drug-likeness (QED) is 0.363. The van der Waals surface area contributed by atoms with E-state index in [0.717, 1.165) is 5.56 Å². The van der Waals surface area contributed by atoms with Gasteiger partial charge in [0.15, 0.2) is 11.4 Å². The Labute approximate surface area is 235 Å². The van der Waals surface area contributed by atoms with Gasteiger partial charge in [0.1, 0.15) is 11.7 Å². The summed E-state index contributed by atoms with van der Waals surface area (Å²) in [5.41, 5.74) is -4.17. The number of rotatable bonds is 6. The molecule has 0 aromatic heterocycles. The van der Waals surface area contributed by atoms with Crippen LogP contribution in [0.1, 0.15) is 53.5 Å². The second kappa shape index (κ2) is 9.36. The van der Waals surface area contributed by atoms with E-state index in [1.165, 1.54) is 0 Å². The van der Waals surface area contributed by atoms with Gasteiger partial charge in [-0.2, -0.15) is 0 Å². The molecule has 0 radical (unpaired) electrons. The standard InChI is InChI=1S/C32H40O8/c1-17(2)28(36)40-32-25(29(32,5)6)22-13-21(16-33)15-30(37)23(12-18(3)26(30)35)31(22,38)19(4)27(32)39-24(34)14-20-10-8-7-9-11-20/h7-13,17,19,22-23,25,27,33,37-38H,14-16H2,1-6H3/t19-,22+,23-,25-,27-,30-,31-,32-/m1/s1. The van der Waals surface area contributed by atoms with Gasteiger partial charge in [0.05, 0.1) is 24.5 Å². The lowest BCUT2D eigenvalue weighted by atomic mass is 9.59. The van der Waals surface area contributed by atoms with Gasteiger partial charge in [0.2, 0.25) is 0 Å². The normalized spacial score (nSPS) is 39.2. The van der Waals surface area contributed by atoms with Gasteiger partial charge in [0.25, 0.3) is 0 Å². The average Bonchev–Trinajstić information content (AvgIpc) is 3.32. The summed E-state index contributed by atoms with van der Waals surface area (Å²) in [6, 6.07) is 9.14. The molecule has 1 aromatic rings. The number of hydrogen-bond donors (Lipinski definition) is 3. The van der Waals surface area contributed by atoms with Gasteiger partial charge in [0, 0.05) is 35.5 Å². The van der Waals surface area contributed by atoms with Crippen molar-refractivity contribution in [3.05, 3.63) is 59.2 Å². The van der Waals surface area contributed by atoms with Crippen LogP contribution in [0, 0.1) is 35.0 Å². The maximum atomic E-state index is 13.4. The third-order valence-corrected chi connectivity index (χ3v) is 10.1. The molecule has 0 aliphatic heterocycles. The Balaban J connectivity index is 1.65. The highest BCUT2D eigenvalue weighted by Gasteiger charge is 2.88. The molecule has 2 saturated carbocycles. The molecule has 3 N–H and O–H groups in total. The summed E-state index contributed by atoms with van der Waals surface area (Å²) in [5, 5.41) is 34.8. The number of aliphatic hydroxyl groups excluding tert-OH is 1. The van der Waals surface area contributed by atoms with E-state index in [1.807, 2.05) is 44.2 Å². The molecule has 8 nitrogen and oxygen atoms in total. The lowest BCUT2D eigenvalue weighted by molar-refractivity contribution is -0.229. The molecule has 0 unspecified atom stereocenters. The van der Waals surface area contributed by atoms with Crippen LogP contribution < -0.4 is 0 Å². The minimum Gasteiger partial charge on any atom is -0.457 e. The van der Waals surface area contributed by atoms with Crippen LogP contribution in [0.3, 0.4) is 0 Å². The molecule has 8 heteroatoms. The van der Waals surface area contributed by atoms with Crippen molar-refractivity contribution in [2.24, 2.45) is 35.0 Å². The fraction of sp³-hybridized carbons (Fsp3) is 0.594. The molecule has 0 amide bonds. The Hall–Kier alpha value is -2.81. The summed E-state index contributed by atoms with van der Waals surface area (Å²) in [7, 11) is 0. The summed E-state index contributed by atoms with van der Waals surface area (Å²) in [4.78, 5) is 39.8. The van der Waals surface area contributed by atoms with Crippen molar-refractivity contribution in [3.8, 4) is 0 Å². The zero-order valence-corrected chi connectivity index (χ0v) is 24.0. The number of hydrogen-bond acceptors (Lipinski definition) is 8. The first kappa shape index (κ1) is 28.7. The first-order chi connectivity index (χ1) is 18.7. The third-order valence-electron chi connectivity index (χ3n) is 10.1. The largest absolute Gasteiger partial charge is 0.457 e. The van der Waals surface area contributed by atoms with Crippen molar-refractivity contribution in [1.82, 2.24) is 0 Å². The van der Waals surface area contributed by atoms with Crippen LogP contribution in [0.2, 0.25) is 0 Å². The Morgan fingerprint density at radius 3 is 2.35 bits per heavy atom. The number of fused-ring (bicyclic) bond motifs is 5. The van der Waals surface area contributed by atoms with Crippen LogP contribution in [-0.4, -0.2) is 62.6 Å². The number of aliphatic hydroxyl groups is 3. The first-order valence-corrected chi connectivity index (χ1v) is 14.1. The van der Waals surface area contributed by atoms with Crippen molar-refractivity contribution < 1.29 is 39.2 Å². The number of ketones is 1. The smallest absolute Gasteiger partial charge is 0.310 e. The zero-order chi connectivity index (χ0) is 29.4. The molecule has 40 heavy (non-hydrogen) atoms. The molecule has 1 aromatic carbocycles. The Bertz CT molecular complexity index is 1290. The van der Waals surface area contributed by atoms with Crippen LogP contribution in [-0.2, 0) is 30.3 Å². The Kier molecular flexibility index (Phi) is 6.72. The van der Waals surface area contributed by atoms with Crippen molar-refractivity contribution in [1.29, 1.82) is 0 Å². The SMILES string of the molecule is CC1=C[C@H]2[C@@]3(O)[C@H](C)[C@@H](OC(=O)Cc4ccccc4)[C@]4(OC(=O)C(C)C)[C@H]([C@@H]3C=C(CO)C[C@]2(O)C1=O)C4(C)C. The van der Waals surface area contributed by atoms with Crippen molar-refractivity contribution in [2.45, 2.75) is 77.3 Å². The highest BCUT2D eigenvalue weighted by Crippen LogP contribution is 2.77. The summed E-state index contributed by atoms with van der Waals surface area (Å²) >= 11 is 0. The fourth-order valence-corrected chi connectivity index (χ4v) is 8.05. The molecule has 0 heterocycles. The van der Waals surface area contributed by atoms with Gasteiger partial charge in [-0.05, 0) is 23.6 Å². The molecule has 216 valence electrons. The lowest BCUT2D eigenvalue weighted by Crippen LogP contribution is -2.66. The molecular formula is C32H40O8. The molecular weight excluding hydrogens is 512 g/mol. The van der Waals surface area contributed by atoms with Crippen molar-refractivity contribution >= 4 is 17.7 Å². The highest BCUT2D eigenvalue weighted by atomic mass is 16.6. The van der Waals surface area contributed by atoms with E-state index in [1.54, 1.807) is 39.8 Å². The van der Waals surface area contributed by atoms with Gasteiger partial charge in [-0.25, -0.2) is 0 Å². The van der Waals surface area contributed by atoms with Gasteiger partial charge < -0.3 is 24.8 Å². The van der Waals surface area contributed by atoms with Crippen LogP contribution in [0.15, 0.2) is 53.6 Å². The average molecular weight is 553 g/mol. The fourth-order valence-electron chi connectivity index (χ4n) is 8.05. The molecule has 0 spiro atoms. The number of esters is 2. The number of carbonyl (C=O) groups is 3. The van der Waals surface area contributed by atoms with Crippen LogP contribution in [0.4, 0.5) is 0 Å². The third kappa shape index (κ3) is 3.79. The topological polar surface area (TPSA) is 130 Å². The molecule has 0 saturated heterocycles. The molecule has 2 fully saturated rings. The van der Waals surface area contributed by atoms with E-state index in [2.05, 4.69) is 0 Å². The van der Waals surface area contributed by atoms with E-state index in [9.17, 15) is 29.7 Å². The maximum Gasteiger partial charge on any atom is 0.310 e. The van der Waals surface area contributed by atoms with E-state index in [-0.39, 0.29) is 12.8 Å².